The van der Waals surface area contributed by atoms with Crippen molar-refractivity contribution >= 4 is 29.5 Å². The molecule has 3 nitrogen and oxygen atoms in total. The first-order valence-corrected chi connectivity index (χ1v) is 5.92. The van der Waals surface area contributed by atoms with Crippen LogP contribution >= 0.6 is 23.4 Å². The van der Waals surface area contributed by atoms with E-state index in [0.29, 0.717) is 10.8 Å². The molecule has 0 aromatic heterocycles. The lowest BCUT2D eigenvalue weighted by Gasteiger charge is -2.09. The summed E-state index contributed by atoms with van der Waals surface area (Å²) >= 11 is 7.60. The van der Waals surface area contributed by atoms with E-state index in [9.17, 15) is 4.79 Å². The van der Waals surface area contributed by atoms with Crippen molar-refractivity contribution in [1.29, 1.82) is 0 Å². The van der Waals surface area contributed by atoms with Crippen molar-refractivity contribution in [2.75, 3.05) is 13.3 Å². The summed E-state index contributed by atoms with van der Waals surface area (Å²) in [5.74, 6) is 0.453. The van der Waals surface area contributed by atoms with Crippen molar-refractivity contribution in [3.05, 3.63) is 22.7 Å². The Morgan fingerprint density at radius 1 is 1.53 bits per heavy atom. The predicted octanol–water partition coefficient (Wildman–Crippen LogP) is 3.09. The molecule has 15 heavy (non-hydrogen) atoms. The second kappa shape index (κ2) is 5.28. The fourth-order valence-corrected chi connectivity index (χ4v) is 2.30. The Kier molecular flexibility index (Phi) is 4.29. The summed E-state index contributed by atoms with van der Waals surface area (Å²) in [6.07, 6.45) is 1.45. The van der Waals surface area contributed by atoms with Crippen LogP contribution in [-0.4, -0.2) is 19.4 Å². The zero-order valence-electron chi connectivity index (χ0n) is 8.76. The third-order valence-electron chi connectivity index (χ3n) is 1.82. The van der Waals surface area contributed by atoms with Crippen molar-refractivity contribution in [3.63, 3.8) is 0 Å². The largest absolute Gasteiger partial charge is 0.412 e. The summed E-state index contributed by atoms with van der Waals surface area (Å²) in [6, 6.07) is 3.42. The fourth-order valence-electron chi connectivity index (χ4n) is 1.17. The molecule has 0 atom stereocenters. The number of hydrogen-bond acceptors (Lipinski definition) is 3. The number of benzene rings is 1. The average Bonchev–Trinajstić information content (AvgIpc) is 2.17. The minimum Gasteiger partial charge on any atom is -0.410 e. The van der Waals surface area contributed by atoms with Crippen molar-refractivity contribution in [2.24, 2.45) is 0 Å². The second-order valence-corrected chi connectivity index (χ2v) is 4.12. The molecule has 0 bridgehead atoms. The van der Waals surface area contributed by atoms with E-state index in [1.165, 1.54) is 7.05 Å². The van der Waals surface area contributed by atoms with E-state index >= 15 is 0 Å². The van der Waals surface area contributed by atoms with E-state index in [0.717, 1.165) is 10.5 Å². The lowest BCUT2D eigenvalue weighted by atomic mass is 10.2. The number of rotatable bonds is 2. The molecule has 1 amide bonds. The number of aryl methyl sites for hydroxylation is 1. The van der Waals surface area contributed by atoms with Crippen LogP contribution in [0.1, 0.15) is 5.56 Å². The van der Waals surface area contributed by atoms with Gasteiger partial charge in [-0.05, 0) is 24.8 Å². The number of amides is 1. The summed E-state index contributed by atoms with van der Waals surface area (Å²) < 4.78 is 4.98. The first-order chi connectivity index (χ1) is 7.08. The van der Waals surface area contributed by atoms with E-state index in [1.54, 1.807) is 23.9 Å². The zero-order chi connectivity index (χ0) is 11.4. The zero-order valence-corrected chi connectivity index (χ0v) is 10.3. The molecule has 0 aliphatic carbocycles. The van der Waals surface area contributed by atoms with E-state index in [-0.39, 0.29) is 0 Å². The highest BCUT2D eigenvalue weighted by Crippen LogP contribution is 2.32. The Hall–Kier alpha value is -0.870. The third-order valence-corrected chi connectivity index (χ3v) is 3.18. The van der Waals surface area contributed by atoms with Gasteiger partial charge < -0.3 is 10.1 Å². The summed E-state index contributed by atoms with van der Waals surface area (Å²) in [7, 11) is 1.51. The molecule has 0 unspecified atom stereocenters. The number of nitrogens with one attached hydrogen (secondary N) is 1. The number of halogens is 1. The van der Waals surface area contributed by atoms with Crippen molar-refractivity contribution in [2.45, 2.75) is 11.8 Å². The minimum absolute atomic E-state index is 0.453. The molecule has 5 heteroatoms. The normalized spacial score (nSPS) is 9.87. The number of thioether (sulfide) groups is 1. The minimum atomic E-state index is -0.498. The van der Waals surface area contributed by atoms with Gasteiger partial charge in [-0.25, -0.2) is 4.79 Å². The monoisotopic (exact) mass is 245 g/mol. The highest BCUT2D eigenvalue weighted by atomic mass is 35.5. The average molecular weight is 246 g/mol. The highest BCUT2D eigenvalue weighted by Gasteiger charge is 2.08. The summed E-state index contributed by atoms with van der Waals surface area (Å²) in [5.41, 5.74) is 0.994. The van der Waals surface area contributed by atoms with E-state index in [2.05, 4.69) is 5.32 Å². The van der Waals surface area contributed by atoms with Gasteiger partial charge in [-0.2, -0.15) is 0 Å². The Labute approximate surface area is 98.1 Å². The number of carbonyl (C=O) groups excluding carboxylic acids is 1. The van der Waals surface area contributed by atoms with Gasteiger partial charge in [0.2, 0.25) is 0 Å². The first kappa shape index (κ1) is 12.2. The van der Waals surface area contributed by atoms with Crippen molar-refractivity contribution in [1.82, 2.24) is 5.32 Å². The maximum absolute atomic E-state index is 11.0. The first-order valence-electron chi connectivity index (χ1n) is 4.32. The maximum atomic E-state index is 11.0. The van der Waals surface area contributed by atoms with Crippen molar-refractivity contribution in [3.8, 4) is 5.75 Å². The van der Waals surface area contributed by atoms with Crippen LogP contribution in [0.15, 0.2) is 17.0 Å². The number of ether oxygens (including phenoxy) is 1. The molecule has 0 fully saturated rings. The van der Waals surface area contributed by atoms with Crippen LogP contribution in [0.5, 0.6) is 5.75 Å². The van der Waals surface area contributed by atoms with Crippen LogP contribution in [0.3, 0.4) is 0 Å². The quantitative estimate of drug-likeness (QED) is 0.814. The Morgan fingerprint density at radius 2 is 2.20 bits per heavy atom. The standard InChI is InChI=1S/C10H12ClNO2S/c1-6-4-7(14-10(13)12-2)5-8(11)9(6)15-3/h4-5H,1-3H3,(H,12,13). The smallest absolute Gasteiger partial charge is 0.410 e. The SMILES string of the molecule is CNC(=O)Oc1cc(C)c(SC)c(Cl)c1. The molecule has 82 valence electrons. The molecule has 1 aromatic carbocycles. The summed E-state index contributed by atoms with van der Waals surface area (Å²) in [5, 5.41) is 2.97. The van der Waals surface area contributed by atoms with Crippen molar-refractivity contribution < 1.29 is 9.53 Å². The number of carbonyl (C=O) groups is 1. The van der Waals surface area contributed by atoms with Crippen LogP contribution in [0.25, 0.3) is 0 Å². The van der Waals surface area contributed by atoms with Gasteiger partial charge in [0.05, 0.1) is 5.02 Å². The Bertz CT molecular complexity index is 359. The topological polar surface area (TPSA) is 38.3 Å². The molecule has 0 saturated heterocycles. The molecular weight excluding hydrogens is 234 g/mol. The molecule has 1 aromatic rings. The van der Waals surface area contributed by atoms with Gasteiger partial charge in [-0.3, -0.25) is 0 Å². The van der Waals surface area contributed by atoms with Crippen LogP contribution < -0.4 is 10.1 Å². The Morgan fingerprint density at radius 3 is 2.67 bits per heavy atom. The van der Waals surface area contributed by atoms with Gasteiger partial charge in [0, 0.05) is 18.0 Å². The van der Waals surface area contributed by atoms with Crippen LogP contribution in [-0.2, 0) is 0 Å². The van der Waals surface area contributed by atoms with Crippen LogP contribution in [0.4, 0.5) is 4.79 Å². The molecule has 1 N–H and O–H groups in total. The van der Waals surface area contributed by atoms with Gasteiger partial charge >= 0.3 is 6.09 Å². The van der Waals surface area contributed by atoms with E-state index in [1.807, 2.05) is 13.2 Å². The van der Waals surface area contributed by atoms with Crippen LogP contribution in [0.2, 0.25) is 5.02 Å². The lowest BCUT2D eigenvalue weighted by Crippen LogP contribution is -2.22. The summed E-state index contributed by atoms with van der Waals surface area (Å²) in [4.78, 5) is 12.0. The molecule has 0 aliphatic heterocycles. The third kappa shape index (κ3) is 3.04. The molecule has 0 saturated carbocycles. The molecule has 1 rings (SSSR count). The molecule has 0 heterocycles. The van der Waals surface area contributed by atoms with Gasteiger partial charge in [-0.1, -0.05) is 11.6 Å². The van der Waals surface area contributed by atoms with Gasteiger partial charge in [0.15, 0.2) is 0 Å². The van der Waals surface area contributed by atoms with Gasteiger partial charge in [0.25, 0.3) is 0 Å². The predicted molar refractivity (Wildman–Crippen MR) is 63.1 cm³/mol. The fraction of sp³-hybridized carbons (Fsp3) is 0.300. The van der Waals surface area contributed by atoms with Gasteiger partial charge in [-0.15, -0.1) is 11.8 Å². The Balaban J connectivity index is 2.98. The molecular formula is C10H12ClNO2S. The van der Waals surface area contributed by atoms with Gasteiger partial charge in [0.1, 0.15) is 5.75 Å². The molecule has 0 aliphatic rings. The molecule has 0 radical (unpaired) electrons. The van der Waals surface area contributed by atoms with E-state index in [4.69, 9.17) is 16.3 Å². The maximum Gasteiger partial charge on any atom is 0.412 e. The molecule has 0 spiro atoms. The summed E-state index contributed by atoms with van der Waals surface area (Å²) in [6.45, 7) is 1.93. The van der Waals surface area contributed by atoms with Crippen LogP contribution in [0, 0.1) is 6.92 Å². The second-order valence-electron chi connectivity index (χ2n) is 2.89. The number of hydrogen-bond donors (Lipinski definition) is 1. The highest BCUT2D eigenvalue weighted by molar-refractivity contribution is 7.98. The van der Waals surface area contributed by atoms with E-state index < -0.39 is 6.09 Å². The lowest BCUT2D eigenvalue weighted by molar-refractivity contribution is 0.203.